The lowest BCUT2D eigenvalue weighted by molar-refractivity contribution is -0.560. The van der Waals surface area contributed by atoms with Crippen LogP contribution in [0.15, 0.2) is 42.6 Å². The predicted molar refractivity (Wildman–Crippen MR) is 127 cm³/mol. The van der Waals surface area contributed by atoms with Crippen LogP contribution in [0.4, 0.5) is 0 Å². The first-order valence-electron chi connectivity index (χ1n) is 11.1. The Balaban J connectivity index is 2.48. The zero-order valence-electron chi connectivity index (χ0n) is 19.7. The van der Waals surface area contributed by atoms with Gasteiger partial charge in [0.05, 0.1) is 5.41 Å². The summed E-state index contributed by atoms with van der Waals surface area (Å²) in [5.41, 5.74) is 3.58. The topological polar surface area (TPSA) is 32.5 Å². The first kappa shape index (κ1) is 22.7. The predicted octanol–water partition coefficient (Wildman–Crippen LogP) is 5.55. The first-order valence-corrected chi connectivity index (χ1v) is 11.1. The molecule has 0 saturated carbocycles. The van der Waals surface area contributed by atoms with Gasteiger partial charge in [0.1, 0.15) is 0 Å². The highest BCUT2D eigenvalue weighted by Crippen LogP contribution is 2.50. The van der Waals surface area contributed by atoms with Crippen LogP contribution in [-0.4, -0.2) is 41.8 Å². The van der Waals surface area contributed by atoms with Crippen LogP contribution in [0.5, 0.6) is 0 Å². The molecule has 162 valence electrons. The second-order valence-electron chi connectivity index (χ2n) is 10.0. The summed E-state index contributed by atoms with van der Waals surface area (Å²) >= 11 is 0. The van der Waals surface area contributed by atoms with Crippen LogP contribution in [0.2, 0.25) is 0 Å². The molecule has 2 atom stereocenters. The number of aliphatic hydroxyl groups excluding tert-OH is 1. The Labute approximate surface area is 182 Å². The van der Waals surface area contributed by atoms with E-state index in [1.807, 2.05) is 0 Å². The standard InChI is InChI=1S/C27H38NO2/c1-8-15-28-19-20-18-23(25(2,3)4)21-11-9-10-12-22(21)24(20)26(5,14-17-30-7)27(28,6)13-16-29/h8-12,15,18-19,29H,13-14,16-17H2,1-7H3/q+1/b15-8-. The fraction of sp³-hybridized carbons (Fsp3) is 0.519. The maximum Gasteiger partial charge on any atom is 0.176 e. The minimum atomic E-state index is -0.272. The number of hydrogen-bond donors (Lipinski definition) is 1. The van der Waals surface area contributed by atoms with Gasteiger partial charge in [0, 0.05) is 39.2 Å². The lowest BCUT2D eigenvalue weighted by Gasteiger charge is -2.46. The van der Waals surface area contributed by atoms with Crippen LogP contribution in [0.1, 0.15) is 71.1 Å². The van der Waals surface area contributed by atoms with Crippen molar-refractivity contribution in [2.24, 2.45) is 0 Å². The molecule has 0 saturated heterocycles. The molecule has 0 amide bonds. The molecule has 0 radical (unpaired) electrons. The molecule has 2 aromatic rings. The maximum absolute atomic E-state index is 10.0. The summed E-state index contributed by atoms with van der Waals surface area (Å²) in [7, 11) is 1.77. The second kappa shape index (κ2) is 8.28. The van der Waals surface area contributed by atoms with E-state index in [-0.39, 0.29) is 23.0 Å². The Kier molecular flexibility index (Phi) is 6.27. The molecule has 0 bridgehead atoms. The number of rotatable bonds is 6. The average Bonchev–Trinajstić information content (AvgIpc) is 2.69. The monoisotopic (exact) mass is 408 g/mol. The van der Waals surface area contributed by atoms with Crippen LogP contribution in [0.25, 0.3) is 10.8 Å². The molecule has 1 N–H and O–H groups in total. The molecule has 3 heteroatoms. The highest BCUT2D eigenvalue weighted by molar-refractivity contribution is 5.98. The smallest absolute Gasteiger partial charge is 0.176 e. The molecule has 2 unspecified atom stereocenters. The fourth-order valence-corrected chi connectivity index (χ4v) is 5.27. The summed E-state index contributed by atoms with van der Waals surface area (Å²) in [6, 6.07) is 11.2. The van der Waals surface area contributed by atoms with Crippen molar-refractivity contribution >= 4 is 17.0 Å². The van der Waals surface area contributed by atoms with Crippen LogP contribution in [0.3, 0.4) is 0 Å². The van der Waals surface area contributed by atoms with Gasteiger partial charge in [0.25, 0.3) is 0 Å². The zero-order chi connectivity index (χ0) is 22.2. The summed E-state index contributed by atoms with van der Waals surface area (Å²) in [6.45, 7) is 14.4. The van der Waals surface area contributed by atoms with Gasteiger partial charge in [-0.25, -0.2) is 0 Å². The van der Waals surface area contributed by atoms with Crippen molar-refractivity contribution in [1.29, 1.82) is 0 Å². The number of allylic oxidation sites excluding steroid dienone is 1. The molecule has 3 nitrogen and oxygen atoms in total. The van der Waals surface area contributed by atoms with Gasteiger partial charge >= 0.3 is 0 Å². The molecule has 2 aromatic carbocycles. The van der Waals surface area contributed by atoms with Gasteiger partial charge in [-0.1, -0.05) is 45.0 Å². The number of ether oxygens (including phenoxy) is 1. The van der Waals surface area contributed by atoms with Crippen LogP contribution in [-0.2, 0) is 15.6 Å². The van der Waals surface area contributed by atoms with Crippen molar-refractivity contribution in [2.45, 2.75) is 70.8 Å². The number of nitrogens with zero attached hydrogens (tertiary/aromatic N) is 1. The number of hydrogen-bond acceptors (Lipinski definition) is 2. The number of aliphatic hydroxyl groups is 1. The first-order chi connectivity index (χ1) is 14.1. The molecule has 3 rings (SSSR count). The summed E-state index contributed by atoms with van der Waals surface area (Å²) in [6.07, 6.45) is 8.08. The molecule has 1 heterocycles. The molecule has 1 aliphatic heterocycles. The van der Waals surface area contributed by atoms with E-state index in [1.165, 1.54) is 27.5 Å². The van der Waals surface area contributed by atoms with E-state index >= 15 is 0 Å². The van der Waals surface area contributed by atoms with Crippen molar-refractivity contribution in [2.75, 3.05) is 20.3 Å². The Hall–Kier alpha value is -1.97. The van der Waals surface area contributed by atoms with E-state index in [4.69, 9.17) is 4.74 Å². The van der Waals surface area contributed by atoms with Gasteiger partial charge in [-0.05, 0) is 59.7 Å². The van der Waals surface area contributed by atoms with E-state index in [0.717, 1.165) is 6.42 Å². The molecule has 1 aliphatic rings. The normalized spacial score (nSPS) is 24.3. The van der Waals surface area contributed by atoms with Gasteiger partial charge in [-0.3, -0.25) is 0 Å². The van der Waals surface area contributed by atoms with Crippen molar-refractivity contribution in [3.05, 3.63) is 59.3 Å². The fourth-order valence-electron chi connectivity index (χ4n) is 5.27. The Morgan fingerprint density at radius 3 is 2.33 bits per heavy atom. The minimum absolute atomic E-state index is 0.0443. The highest BCUT2D eigenvalue weighted by atomic mass is 16.5. The largest absolute Gasteiger partial charge is 0.396 e. The van der Waals surface area contributed by atoms with Crippen molar-refractivity contribution in [1.82, 2.24) is 0 Å². The van der Waals surface area contributed by atoms with Gasteiger partial charge in [0.2, 0.25) is 0 Å². The third kappa shape index (κ3) is 3.52. The van der Waals surface area contributed by atoms with Crippen LogP contribution in [0, 0.1) is 0 Å². The quantitative estimate of drug-likeness (QED) is 0.636. The molecular formula is C27H38NO2+. The summed E-state index contributed by atoms with van der Waals surface area (Å²) in [5, 5.41) is 12.7. The number of methoxy groups -OCH3 is 1. The number of benzene rings is 2. The molecule has 0 fully saturated rings. The van der Waals surface area contributed by atoms with E-state index in [1.54, 1.807) is 7.11 Å². The zero-order valence-corrected chi connectivity index (χ0v) is 19.7. The van der Waals surface area contributed by atoms with E-state index in [0.29, 0.717) is 13.0 Å². The van der Waals surface area contributed by atoms with Gasteiger partial charge in [0.15, 0.2) is 18.0 Å². The third-order valence-electron chi connectivity index (χ3n) is 7.19. The maximum atomic E-state index is 10.0. The SMILES string of the molecule is C/C=C\[N+]1=Cc2cc(C(C)(C)C)c3ccccc3c2C(C)(CCOC)C1(C)CCO. The van der Waals surface area contributed by atoms with E-state index in [2.05, 4.69) is 94.9 Å². The Bertz CT molecular complexity index is 982. The van der Waals surface area contributed by atoms with Crippen molar-refractivity contribution < 1.29 is 14.4 Å². The van der Waals surface area contributed by atoms with Gasteiger partial charge in [-0.2, -0.15) is 4.58 Å². The summed E-state index contributed by atoms with van der Waals surface area (Å²) < 4.78 is 7.89. The summed E-state index contributed by atoms with van der Waals surface area (Å²) in [5.74, 6) is 0. The molecule has 30 heavy (non-hydrogen) atoms. The lowest BCUT2D eigenvalue weighted by atomic mass is 9.59. The molecule has 0 aliphatic carbocycles. The van der Waals surface area contributed by atoms with Crippen LogP contribution < -0.4 is 0 Å². The average molecular weight is 409 g/mol. The van der Waals surface area contributed by atoms with Crippen molar-refractivity contribution in [3.8, 4) is 0 Å². The number of fused-ring (bicyclic) bond motifs is 3. The van der Waals surface area contributed by atoms with Gasteiger partial charge < -0.3 is 9.84 Å². The van der Waals surface area contributed by atoms with E-state index in [9.17, 15) is 5.11 Å². The van der Waals surface area contributed by atoms with Gasteiger partial charge in [-0.15, -0.1) is 0 Å². The minimum Gasteiger partial charge on any atom is -0.396 e. The molecular weight excluding hydrogens is 370 g/mol. The highest BCUT2D eigenvalue weighted by Gasteiger charge is 2.56. The Morgan fingerprint density at radius 2 is 1.77 bits per heavy atom. The molecule has 0 spiro atoms. The third-order valence-corrected chi connectivity index (χ3v) is 7.19. The van der Waals surface area contributed by atoms with Crippen molar-refractivity contribution in [3.63, 3.8) is 0 Å². The second-order valence-corrected chi connectivity index (χ2v) is 10.0. The Morgan fingerprint density at radius 1 is 1.10 bits per heavy atom. The molecule has 0 aromatic heterocycles. The van der Waals surface area contributed by atoms with E-state index < -0.39 is 0 Å². The lowest BCUT2D eigenvalue weighted by Crippen LogP contribution is -2.58. The van der Waals surface area contributed by atoms with Crippen LogP contribution >= 0.6 is 0 Å². The summed E-state index contributed by atoms with van der Waals surface area (Å²) in [4.78, 5) is 0.